The van der Waals surface area contributed by atoms with Crippen LogP contribution < -0.4 is 0 Å². The van der Waals surface area contributed by atoms with Gasteiger partial charge in [-0.25, -0.2) is 0 Å². The van der Waals surface area contributed by atoms with Crippen LogP contribution >= 0.6 is 0 Å². The minimum absolute atomic E-state index is 0.0752. The molecule has 0 rings (SSSR count). The van der Waals surface area contributed by atoms with Crippen molar-refractivity contribution in [3.63, 3.8) is 0 Å². The molecule has 0 saturated heterocycles. The Kier molecular flexibility index (Phi) is 7.76. The zero-order chi connectivity index (χ0) is 9.23. The molecular weight excluding hydrogens is 152 g/mol. The third-order valence-corrected chi connectivity index (χ3v) is 1.81. The molecule has 1 unspecified atom stereocenters. The molecule has 0 aliphatic heterocycles. The lowest BCUT2D eigenvalue weighted by molar-refractivity contribution is -0.133. The molecule has 0 aliphatic rings. The SMILES string of the molecule is C=CCCCCCC(C)OC=O. The van der Waals surface area contributed by atoms with Gasteiger partial charge in [0.2, 0.25) is 0 Å². The summed E-state index contributed by atoms with van der Waals surface area (Å²) >= 11 is 0. The zero-order valence-electron chi connectivity index (χ0n) is 7.79. The van der Waals surface area contributed by atoms with E-state index in [0.717, 1.165) is 19.3 Å². The lowest BCUT2D eigenvalue weighted by atomic mass is 10.1. The number of carbonyl (C=O) groups excluding carboxylic acids is 1. The van der Waals surface area contributed by atoms with Gasteiger partial charge in [-0.1, -0.05) is 12.5 Å². The van der Waals surface area contributed by atoms with E-state index in [1.54, 1.807) is 0 Å². The summed E-state index contributed by atoms with van der Waals surface area (Å²) in [6.07, 6.45) is 7.58. The van der Waals surface area contributed by atoms with E-state index in [9.17, 15) is 4.79 Å². The van der Waals surface area contributed by atoms with E-state index in [4.69, 9.17) is 4.74 Å². The van der Waals surface area contributed by atoms with Crippen molar-refractivity contribution in [3.05, 3.63) is 12.7 Å². The molecule has 70 valence electrons. The maximum absolute atomic E-state index is 9.91. The van der Waals surface area contributed by atoms with Gasteiger partial charge in [-0.2, -0.15) is 0 Å². The number of allylic oxidation sites excluding steroid dienone is 1. The molecule has 0 spiro atoms. The highest BCUT2D eigenvalue weighted by molar-refractivity contribution is 5.37. The molecule has 0 heterocycles. The van der Waals surface area contributed by atoms with Crippen LogP contribution in [0.2, 0.25) is 0 Å². The summed E-state index contributed by atoms with van der Waals surface area (Å²) in [6.45, 7) is 6.09. The fourth-order valence-corrected chi connectivity index (χ4v) is 1.06. The summed E-state index contributed by atoms with van der Waals surface area (Å²) in [5.74, 6) is 0. The van der Waals surface area contributed by atoms with Crippen molar-refractivity contribution in [1.82, 2.24) is 0 Å². The van der Waals surface area contributed by atoms with Gasteiger partial charge in [0.05, 0.1) is 6.10 Å². The van der Waals surface area contributed by atoms with E-state index in [1.165, 1.54) is 12.8 Å². The van der Waals surface area contributed by atoms with Gasteiger partial charge < -0.3 is 4.74 Å². The van der Waals surface area contributed by atoms with Crippen molar-refractivity contribution in [3.8, 4) is 0 Å². The molecule has 0 aliphatic carbocycles. The van der Waals surface area contributed by atoms with Crippen LogP contribution in [0.25, 0.3) is 0 Å². The molecule has 0 radical (unpaired) electrons. The first-order valence-electron chi connectivity index (χ1n) is 4.51. The van der Waals surface area contributed by atoms with E-state index in [1.807, 2.05) is 13.0 Å². The largest absolute Gasteiger partial charge is 0.465 e. The third kappa shape index (κ3) is 7.32. The molecule has 12 heavy (non-hydrogen) atoms. The van der Waals surface area contributed by atoms with E-state index in [0.29, 0.717) is 6.47 Å². The summed E-state index contributed by atoms with van der Waals surface area (Å²) in [5, 5.41) is 0. The van der Waals surface area contributed by atoms with Crippen LogP contribution in [0.3, 0.4) is 0 Å². The number of hydrogen-bond donors (Lipinski definition) is 0. The Balaban J connectivity index is 3.07. The summed E-state index contributed by atoms with van der Waals surface area (Å²) in [5.41, 5.74) is 0. The first-order valence-corrected chi connectivity index (χ1v) is 4.51. The number of carbonyl (C=O) groups is 1. The van der Waals surface area contributed by atoms with Crippen LogP contribution in [0.5, 0.6) is 0 Å². The number of rotatable bonds is 8. The summed E-state index contributed by atoms with van der Waals surface area (Å²) < 4.78 is 4.75. The van der Waals surface area contributed by atoms with Crippen LogP contribution in [0.1, 0.15) is 39.0 Å². The molecule has 0 fully saturated rings. The van der Waals surface area contributed by atoms with Crippen molar-refractivity contribution < 1.29 is 9.53 Å². The van der Waals surface area contributed by atoms with Gasteiger partial charge in [-0.05, 0) is 32.6 Å². The van der Waals surface area contributed by atoms with Gasteiger partial charge in [-0.3, -0.25) is 4.79 Å². The van der Waals surface area contributed by atoms with Crippen molar-refractivity contribution >= 4 is 6.47 Å². The first kappa shape index (κ1) is 11.2. The fraction of sp³-hybridized carbons (Fsp3) is 0.700. The predicted molar refractivity (Wildman–Crippen MR) is 49.9 cm³/mol. The highest BCUT2D eigenvalue weighted by Gasteiger charge is 1.99. The molecule has 0 saturated carbocycles. The van der Waals surface area contributed by atoms with E-state index >= 15 is 0 Å². The second-order valence-corrected chi connectivity index (χ2v) is 2.97. The van der Waals surface area contributed by atoms with E-state index < -0.39 is 0 Å². The molecule has 0 aromatic carbocycles. The fourth-order valence-electron chi connectivity index (χ4n) is 1.06. The van der Waals surface area contributed by atoms with Crippen LogP contribution in [0.4, 0.5) is 0 Å². The summed E-state index contributed by atoms with van der Waals surface area (Å²) in [4.78, 5) is 9.91. The third-order valence-electron chi connectivity index (χ3n) is 1.81. The smallest absolute Gasteiger partial charge is 0.293 e. The van der Waals surface area contributed by atoms with Crippen LogP contribution in [0, 0.1) is 0 Å². The second kappa shape index (κ2) is 8.31. The number of unbranched alkanes of at least 4 members (excludes halogenated alkanes) is 3. The molecule has 2 heteroatoms. The zero-order valence-corrected chi connectivity index (χ0v) is 7.79. The Morgan fingerprint density at radius 2 is 2.17 bits per heavy atom. The standard InChI is InChI=1S/C10H18O2/c1-3-4-5-6-7-8-10(2)12-9-11/h3,9-10H,1,4-8H2,2H3. The molecule has 0 bridgehead atoms. The Hall–Kier alpha value is -0.790. The Morgan fingerprint density at radius 3 is 2.75 bits per heavy atom. The van der Waals surface area contributed by atoms with Crippen LogP contribution in [-0.2, 0) is 9.53 Å². The number of hydrogen-bond acceptors (Lipinski definition) is 2. The van der Waals surface area contributed by atoms with Crippen molar-refractivity contribution in [2.45, 2.75) is 45.1 Å². The normalized spacial score (nSPS) is 12.1. The lowest BCUT2D eigenvalue weighted by Crippen LogP contribution is -2.05. The summed E-state index contributed by atoms with van der Waals surface area (Å²) in [6, 6.07) is 0. The van der Waals surface area contributed by atoms with E-state index in [-0.39, 0.29) is 6.10 Å². The lowest BCUT2D eigenvalue weighted by Gasteiger charge is -2.07. The van der Waals surface area contributed by atoms with Crippen molar-refractivity contribution in [2.24, 2.45) is 0 Å². The van der Waals surface area contributed by atoms with Crippen molar-refractivity contribution in [2.75, 3.05) is 0 Å². The summed E-state index contributed by atoms with van der Waals surface area (Å²) in [7, 11) is 0. The predicted octanol–water partition coefficient (Wildman–Crippen LogP) is 2.68. The number of ether oxygens (including phenoxy) is 1. The van der Waals surface area contributed by atoms with Gasteiger partial charge in [0.1, 0.15) is 0 Å². The molecule has 0 amide bonds. The first-order chi connectivity index (χ1) is 5.81. The molecule has 0 aromatic rings. The molecular formula is C10H18O2. The topological polar surface area (TPSA) is 26.3 Å². The van der Waals surface area contributed by atoms with Crippen molar-refractivity contribution in [1.29, 1.82) is 0 Å². The highest BCUT2D eigenvalue weighted by Crippen LogP contribution is 2.07. The maximum atomic E-state index is 9.91. The van der Waals surface area contributed by atoms with E-state index in [2.05, 4.69) is 6.58 Å². The van der Waals surface area contributed by atoms with Gasteiger partial charge in [0.15, 0.2) is 0 Å². The minimum atomic E-state index is 0.0752. The second-order valence-electron chi connectivity index (χ2n) is 2.97. The Labute approximate surface area is 74.6 Å². The van der Waals surface area contributed by atoms with Gasteiger partial charge in [-0.15, -0.1) is 6.58 Å². The molecule has 2 nitrogen and oxygen atoms in total. The van der Waals surface area contributed by atoms with Gasteiger partial charge >= 0.3 is 0 Å². The maximum Gasteiger partial charge on any atom is 0.293 e. The van der Waals surface area contributed by atoms with Crippen LogP contribution in [-0.4, -0.2) is 12.6 Å². The Bertz CT molecular complexity index is 121. The van der Waals surface area contributed by atoms with Crippen LogP contribution in [0.15, 0.2) is 12.7 Å². The molecule has 0 N–H and O–H groups in total. The molecule has 1 atom stereocenters. The van der Waals surface area contributed by atoms with Gasteiger partial charge in [0.25, 0.3) is 6.47 Å². The molecule has 0 aromatic heterocycles. The average molecular weight is 170 g/mol. The monoisotopic (exact) mass is 170 g/mol. The minimum Gasteiger partial charge on any atom is -0.465 e. The quantitative estimate of drug-likeness (QED) is 0.318. The highest BCUT2D eigenvalue weighted by atomic mass is 16.5. The Morgan fingerprint density at radius 1 is 1.42 bits per heavy atom. The average Bonchev–Trinajstić information content (AvgIpc) is 2.05. The van der Waals surface area contributed by atoms with Gasteiger partial charge in [0, 0.05) is 0 Å².